The monoisotopic (exact) mass is 229 g/mol. The van der Waals surface area contributed by atoms with Crippen molar-refractivity contribution >= 4 is 11.8 Å². The van der Waals surface area contributed by atoms with Gasteiger partial charge in [0.2, 0.25) is 0 Å². The summed E-state index contributed by atoms with van der Waals surface area (Å²) >= 11 is 1.50. The average molecular weight is 229 g/mol. The predicted molar refractivity (Wildman–Crippen MR) is 58.4 cm³/mol. The number of hydrogen-bond donors (Lipinski definition) is 1. The summed E-state index contributed by atoms with van der Waals surface area (Å²) in [7, 11) is 0. The summed E-state index contributed by atoms with van der Waals surface area (Å²) in [4.78, 5) is 0.883. The van der Waals surface area contributed by atoms with Gasteiger partial charge in [0.1, 0.15) is 12.0 Å². The van der Waals surface area contributed by atoms with E-state index < -0.39 is 6.17 Å². The SMILES string of the molecule is CSc1cc(F)cc(C2CC(F)CN2)c1. The molecular formula is C11H13F2NS. The van der Waals surface area contributed by atoms with E-state index in [-0.39, 0.29) is 11.9 Å². The lowest BCUT2D eigenvalue weighted by atomic mass is 10.1. The molecule has 1 aliphatic rings. The molecule has 0 amide bonds. The standard InChI is InChI=1S/C11H13F2NS/c1-15-10-3-7(2-8(12)4-10)11-5-9(13)6-14-11/h2-4,9,11,14H,5-6H2,1H3. The lowest BCUT2D eigenvalue weighted by Gasteiger charge is -2.11. The number of benzene rings is 1. The van der Waals surface area contributed by atoms with Crippen LogP contribution >= 0.6 is 11.8 Å². The van der Waals surface area contributed by atoms with Crippen molar-refractivity contribution in [1.82, 2.24) is 5.32 Å². The van der Waals surface area contributed by atoms with E-state index in [4.69, 9.17) is 0 Å². The van der Waals surface area contributed by atoms with Crippen LogP contribution in [-0.4, -0.2) is 19.0 Å². The Kier molecular flexibility index (Phi) is 3.26. The van der Waals surface area contributed by atoms with Gasteiger partial charge in [-0.3, -0.25) is 0 Å². The fourth-order valence-electron chi connectivity index (χ4n) is 1.85. The number of halogens is 2. The Morgan fingerprint density at radius 2 is 2.20 bits per heavy atom. The van der Waals surface area contributed by atoms with Crippen LogP contribution in [-0.2, 0) is 0 Å². The van der Waals surface area contributed by atoms with Crippen LogP contribution in [0.25, 0.3) is 0 Å². The van der Waals surface area contributed by atoms with Gasteiger partial charge in [-0.15, -0.1) is 11.8 Å². The minimum Gasteiger partial charge on any atom is -0.307 e. The number of thioether (sulfide) groups is 1. The van der Waals surface area contributed by atoms with E-state index in [1.54, 1.807) is 0 Å². The molecule has 0 saturated carbocycles. The van der Waals surface area contributed by atoms with Crippen molar-refractivity contribution in [3.05, 3.63) is 29.6 Å². The minimum absolute atomic E-state index is 0.0402. The zero-order valence-electron chi connectivity index (χ0n) is 8.47. The highest BCUT2D eigenvalue weighted by Gasteiger charge is 2.25. The minimum atomic E-state index is -0.809. The summed E-state index contributed by atoms with van der Waals surface area (Å²) < 4.78 is 26.2. The van der Waals surface area contributed by atoms with E-state index >= 15 is 0 Å². The normalized spacial score (nSPS) is 25.8. The van der Waals surface area contributed by atoms with Crippen molar-refractivity contribution in [1.29, 1.82) is 0 Å². The van der Waals surface area contributed by atoms with Crippen LogP contribution in [0.2, 0.25) is 0 Å². The number of hydrogen-bond acceptors (Lipinski definition) is 2. The molecule has 1 aliphatic heterocycles. The highest BCUT2D eigenvalue weighted by molar-refractivity contribution is 7.98. The molecule has 2 rings (SSSR count). The molecule has 1 N–H and O–H groups in total. The van der Waals surface area contributed by atoms with Crippen molar-refractivity contribution < 1.29 is 8.78 Å². The molecule has 1 fully saturated rings. The van der Waals surface area contributed by atoms with Crippen LogP contribution in [0, 0.1) is 5.82 Å². The maximum Gasteiger partial charge on any atom is 0.124 e. The lowest BCUT2D eigenvalue weighted by molar-refractivity contribution is 0.356. The van der Waals surface area contributed by atoms with Gasteiger partial charge >= 0.3 is 0 Å². The summed E-state index contributed by atoms with van der Waals surface area (Å²) in [5, 5.41) is 3.05. The zero-order valence-corrected chi connectivity index (χ0v) is 9.28. The van der Waals surface area contributed by atoms with E-state index in [9.17, 15) is 8.78 Å². The van der Waals surface area contributed by atoms with Gasteiger partial charge < -0.3 is 5.32 Å². The molecule has 0 aliphatic carbocycles. The molecule has 0 radical (unpaired) electrons. The van der Waals surface area contributed by atoms with Gasteiger partial charge in [-0.2, -0.15) is 0 Å². The summed E-state index contributed by atoms with van der Waals surface area (Å²) in [5.41, 5.74) is 0.847. The molecule has 2 atom stereocenters. The summed E-state index contributed by atoms with van der Waals surface area (Å²) in [6, 6.07) is 4.86. The predicted octanol–water partition coefficient (Wildman–Crippen LogP) is 2.92. The Balaban J connectivity index is 2.24. The first-order valence-corrected chi connectivity index (χ1v) is 6.13. The molecule has 1 aromatic carbocycles. The Hall–Kier alpha value is -0.610. The molecule has 1 nitrogen and oxygen atoms in total. The first-order chi connectivity index (χ1) is 7.19. The number of alkyl halides is 1. The molecular weight excluding hydrogens is 216 g/mol. The van der Waals surface area contributed by atoms with E-state index in [1.807, 2.05) is 12.3 Å². The third-order valence-corrected chi connectivity index (χ3v) is 3.32. The van der Waals surface area contributed by atoms with Gasteiger partial charge in [0, 0.05) is 17.5 Å². The van der Waals surface area contributed by atoms with Gasteiger partial charge in [0.25, 0.3) is 0 Å². The van der Waals surface area contributed by atoms with Crippen LogP contribution in [0.5, 0.6) is 0 Å². The quantitative estimate of drug-likeness (QED) is 0.783. The molecule has 0 bridgehead atoms. The molecule has 82 valence electrons. The van der Waals surface area contributed by atoms with Crippen LogP contribution < -0.4 is 5.32 Å². The summed E-state index contributed by atoms with van der Waals surface area (Å²) in [5.74, 6) is -0.249. The molecule has 1 saturated heterocycles. The van der Waals surface area contributed by atoms with Crippen LogP contribution in [0.15, 0.2) is 23.1 Å². The Morgan fingerprint density at radius 3 is 2.80 bits per heavy atom. The number of rotatable bonds is 2. The molecule has 1 aromatic rings. The Labute approximate surface area is 92.3 Å². The van der Waals surface area contributed by atoms with Crippen molar-refractivity contribution in [2.24, 2.45) is 0 Å². The van der Waals surface area contributed by atoms with Crippen molar-refractivity contribution in [2.75, 3.05) is 12.8 Å². The second-order valence-electron chi connectivity index (χ2n) is 3.72. The fourth-order valence-corrected chi connectivity index (χ4v) is 2.33. The molecule has 0 aromatic heterocycles. The van der Waals surface area contributed by atoms with Gasteiger partial charge in [-0.1, -0.05) is 0 Å². The smallest absolute Gasteiger partial charge is 0.124 e. The van der Waals surface area contributed by atoms with Gasteiger partial charge in [0.05, 0.1) is 0 Å². The highest BCUT2D eigenvalue weighted by Crippen LogP contribution is 2.28. The fraction of sp³-hybridized carbons (Fsp3) is 0.455. The second kappa shape index (κ2) is 4.49. The topological polar surface area (TPSA) is 12.0 Å². The van der Waals surface area contributed by atoms with Crippen LogP contribution in [0.1, 0.15) is 18.0 Å². The molecule has 2 unspecified atom stereocenters. The number of nitrogens with one attached hydrogen (secondary N) is 1. The molecule has 15 heavy (non-hydrogen) atoms. The summed E-state index contributed by atoms with van der Waals surface area (Å²) in [6.45, 7) is 0.371. The average Bonchev–Trinajstić information content (AvgIpc) is 2.64. The Bertz CT molecular complexity index is 356. The molecule has 1 heterocycles. The zero-order chi connectivity index (χ0) is 10.8. The van der Waals surface area contributed by atoms with Crippen molar-refractivity contribution in [3.63, 3.8) is 0 Å². The van der Waals surface area contributed by atoms with Crippen LogP contribution in [0.4, 0.5) is 8.78 Å². The maximum absolute atomic E-state index is 13.2. The third-order valence-electron chi connectivity index (χ3n) is 2.61. The maximum atomic E-state index is 13.2. The first kappa shape index (κ1) is 10.9. The largest absolute Gasteiger partial charge is 0.307 e. The van der Waals surface area contributed by atoms with Crippen molar-refractivity contribution in [2.45, 2.75) is 23.5 Å². The molecule has 4 heteroatoms. The van der Waals surface area contributed by atoms with Crippen molar-refractivity contribution in [3.8, 4) is 0 Å². The van der Waals surface area contributed by atoms with Crippen LogP contribution in [0.3, 0.4) is 0 Å². The third kappa shape index (κ3) is 2.49. The second-order valence-corrected chi connectivity index (χ2v) is 4.60. The van der Waals surface area contributed by atoms with Gasteiger partial charge in [-0.05, 0) is 36.4 Å². The summed E-state index contributed by atoms with van der Waals surface area (Å²) in [6.07, 6.45) is 1.53. The van der Waals surface area contributed by atoms with E-state index in [0.717, 1.165) is 10.5 Å². The first-order valence-electron chi connectivity index (χ1n) is 4.91. The highest BCUT2D eigenvalue weighted by atomic mass is 32.2. The van der Waals surface area contributed by atoms with E-state index in [1.165, 1.54) is 23.9 Å². The molecule has 0 spiro atoms. The van der Waals surface area contributed by atoms with Gasteiger partial charge in [-0.25, -0.2) is 8.78 Å². The lowest BCUT2D eigenvalue weighted by Crippen LogP contribution is -2.14. The van der Waals surface area contributed by atoms with Gasteiger partial charge in [0.15, 0.2) is 0 Å². The van der Waals surface area contributed by atoms with E-state index in [2.05, 4.69) is 5.32 Å². The van der Waals surface area contributed by atoms with E-state index in [0.29, 0.717) is 13.0 Å². The Morgan fingerprint density at radius 1 is 1.40 bits per heavy atom.